The largest absolute Gasteiger partial charge is 0.494 e. The highest BCUT2D eigenvalue weighted by Gasteiger charge is 2.11. The van der Waals surface area contributed by atoms with Crippen molar-refractivity contribution in [1.82, 2.24) is 0 Å². The van der Waals surface area contributed by atoms with Gasteiger partial charge in [0.15, 0.2) is 0 Å². The van der Waals surface area contributed by atoms with Crippen molar-refractivity contribution < 1.29 is 4.74 Å². The molecule has 0 spiro atoms. The molecule has 22 heavy (non-hydrogen) atoms. The Hall–Kier alpha value is -2.78. The first-order chi connectivity index (χ1) is 10.6. The lowest BCUT2D eigenvalue weighted by molar-refractivity contribution is 0.305. The molecule has 0 radical (unpaired) electrons. The van der Waals surface area contributed by atoms with Crippen LogP contribution in [0.25, 0.3) is 0 Å². The lowest BCUT2D eigenvalue weighted by atomic mass is 9.97. The molecule has 110 valence electrons. The van der Waals surface area contributed by atoms with Crippen LogP contribution in [0.4, 0.5) is 0 Å². The van der Waals surface area contributed by atoms with Gasteiger partial charge >= 0.3 is 0 Å². The van der Waals surface area contributed by atoms with Crippen molar-refractivity contribution in [2.24, 2.45) is 0 Å². The van der Waals surface area contributed by atoms with Gasteiger partial charge in [0, 0.05) is 6.42 Å². The fourth-order valence-corrected chi connectivity index (χ4v) is 2.41. The monoisotopic (exact) mass is 290 g/mol. The van der Waals surface area contributed by atoms with Crippen LogP contribution in [0.3, 0.4) is 0 Å². The van der Waals surface area contributed by atoms with Gasteiger partial charge in [-0.25, -0.2) is 0 Å². The molecule has 0 aliphatic carbocycles. The van der Waals surface area contributed by atoms with E-state index in [2.05, 4.69) is 18.2 Å². The molecule has 0 N–H and O–H groups in total. The molecule has 3 nitrogen and oxygen atoms in total. The Balaban J connectivity index is 1.96. The van der Waals surface area contributed by atoms with Gasteiger partial charge in [-0.15, -0.1) is 0 Å². The molecule has 2 aromatic rings. The van der Waals surface area contributed by atoms with Crippen molar-refractivity contribution in [1.29, 1.82) is 10.5 Å². The lowest BCUT2D eigenvalue weighted by Gasteiger charge is -2.12. The van der Waals surface area contributed by atoms with E-state index in [1.54, 1.807) is 12.1 Å². The predicted octanol–water partition coefficient (Wildman–Crippen LogP) is 4.25. The number of hydrogen-bond acceptors (Lipinski definition) is 3. The Morgan fingerprint density at radius 1 is 1.00 bits per heavy atom. The summed E-state index contributed by atoms with van der Waals surface area (Å²) in [4.78, 5) is 0. The fraction of sp³-hybridized carbons (Fsp3) is 0.263. The van der Waals surface area contributed by atoms with Crippen molar-refractivity contribution in [3.05, 3.63) is 64.7 Å². The van der Waals surface area contributed by atoms with Crippen LogP contribution in [0.15, 0.2) is 42.5 Å². The summed E-state index contributed by atoms with van der Waals surface area (Å²) in [6, 6.07) is 17.6. The molecule has 0 saturated carbocycles. The third kappa shape index (κ3) is 4.11. The highest BCUT2D eigenvalue weighted by molar-refractivity contribution is 5.35. The standard InChI is InChI=1S/C19H18N2O/c1-14-9-15(2)11-19(10-14)22-8-7-18(13-21)17-5-3-16(12-20)4-6-17/h3-6,9-11,18H,7-8H2,1-2H3. The van der Waals surface area contributed by atoms with Crippen molar-refractivity contribution in [3.8, 4) is 17.9 Å². The van der Waals surface area contributed by atoms with Crippen LogP contribution in [0.5, 0.6) is 5.75 Å². The molecule has 1 atom stereocenters. The van der Waals surface area contributed by atoms with Crippen molar-refractivity contribution in [2.75, 3.05) is 6.61 Å². The van der Waals surface area contributed by atoms with Gasteiger partial charge < -0.3 is 4.74 Å². The van der Waals surface area contributed by atoms with E-state index in [1.165, 1.54) is 11.1 Å². The van der Waals surface area contributed by atoms with Crippen LogP contribution in [-0.2, 0) is 0 Å². The summed E-state index contributed by atoms with van der Waals surface area (Å²) in [5.41, 5.74) is 3.86. The second kappa shape index (κ2) is 7.29. The van der Waals surface area contributed by atoms with Gasteiger partial charge in [0.1, 0.15) is 5.75 Å². The minimum absolute atomic E-state index is 0.223. The highest BCUT2D eigenvalue weighted by atomic mass is 16.5. The maximum atomic E-state index is 9.32. The molecule has 0 fully saturated rings. The number of aryl methyl sites for hydroxylation is 2. The number of hydrogen-bond donors (Lipinski definition) is 0. The maximum absolute atomic E-state index is 9.32. The van der Waals surface area contributed by atoms with E-state index in [-0.39, 0.29) is 5.92 Å². The van der Waals surface area contributed by atoms with Crippen LogP contribution < -0.4 is 4.74 Å². The Morgan fingerprint density at radius 3 is 2.18 bits per heavy atom. The third-order valence-electron chi connectivity index (χ3n) is 3.47. The molecular weight excluding hydrogens is 272 g/mol. The molecule has 0 saturated heterocycles. The Morgan fingerprint density at radius 2 is 1.64 bits per heavy atom. The van der Waals surface area contributed by atoms with E-state index in [9.17, 15) is 5.26 Å². The Labute approximate surface area is 131 Å². The second-order valence-electron chi connectivity index (χ2n) is 5.38. The van der Waals surface area contributed by atoms with Crippen LogP contribution in [0.1, 0.15) is 34.6 Å². The summed E-state index contributed by atoms with van der Waals surface area (Å²) in [7, 11) is 0. The van der Waals surface area contributed by atoms with Crippen molar-refractivity contribution in [3.63, 3.8) is 0 Å². The van der Waals surface area contributed by atoms with E-state index < -0.39 is 0 Å². The molecule has 0 aliphatic rings. The zero-order valence-electron chi connectivity index (χ0n) is 12.8. The van der Waals surface area contributed by atoms with Crippen LogP contribution >= 0.6 is 0 Å². The topological polar surface area (TPSA) is 56.8 Å². The molecule has 2 aromatic carbocycles. The van der Waals surface area contributed by atoms with Gasteiger partial charge in [0.2, 0.25) is 0 Å². The maximum Gasteiger partial charge on any atom is 0.119 e. The number of rotatable bonds is 5. The first-order valence-electron chi connectivity index (χ1n) is 7.23. The predicted molar refractivity (Wildman–Crippen MR) is 85.5 cm³/mol. The molecule has 0 amide bonds. The number of benzene rings is 2. The minimum Gasteiger partial charge on any atom is -0.494 e. The van der Waals surface area contributed by atoms with Crippen molar-refractivity contribution in [2.45, 2.75) is 26.2 Å². The van der Waals surface area contributed by atoms with Gasteiger partial charge in [0.25, 0.3) is 0 Å². The molecule has 2 rings (SSSR count). The first-order valence-corrected chi connectivity index (χ1v) is 7.23. The molecule has 0 bridgehead atoms. The second-order valence-corrected chi connectivity index (χ2v) is 5.38. The average Bonchev–Trinajstić information content (AvgIpc) is 2.51. The summed E-state index contributed by atoms with van der Waals surface area (Å²) in [5.74, 6) is 0.618. The molecule has 0 heterocycles. The SMILES string of the molecule is Cc1cc(C)cc(OCCC(C#N)c2ccc(C#N)cc2)c1. The van der Waals surface area contributed by atoms with Gasteiger partial charge in [-0.05, 0) is 54.8 Å². The first kappa shape index (κ1) is 15.6. The summed E-state index contributed by atoms with van der Waals surface area (Å²) in [5, 5.41) is 18.1. The van der Waals surface area contributed by atoms with Gasteiger partial charge in [-0.3, -0.25) is 0 Å². The van der Waals surface area contributed by atoms with Gasteiger partial charge in [-0.1, -0.05) is 18.2 Å². The number of nitriles is 2. The number of ether oxygens (including phenoxy) is 1. The van der Waals surface area contributed by atoms with Crippen LogP contribution in [0.2, 0.25) is 0 Å². The number of nitrogens with zero attached hydrogens (tertiary/aromatic N) is 2. The smallest absolute Gasteiger partial charge is 0.119 e. The third-order valence-corrected chi connectivity index (χ3v) is 3.47. The van der Waals surface area contributed by atoms with E-state index in [0.717, 1.165) is 11.3 Å². The lowest BCUT2D eigenvalue weighted by Crippen LogP contribution is -2.05. The van der Waals surface area contributed by atoms with Gasteiger partial charge in [0.05, 0.1) is 30.2 Å². The molecule has 0 aliphatic heterocycles. The van der Waals surface area contributed by atoms with Crippen LogP contribution in [0, 0.1) is 36.5 Å². The summed E-state index contributed by atoms with van der Waals surface area (Å²) in [6.07, 6.45) is 0.620. The van der Waals surface area contributed by atoms with E-state index in [0.29, 0.717) is 18.6 Å². The molecule has 0 aromatic heterocycles. The molecule has 3 heteroatoms. The quantitative estimate of drug-likeness (QED) is 0.827. The Kier molecular flexibility index (Phi) is 5.17. The highest BCUT2D eigenvalue weighted by Crippen LogP contribution is 2.21. The summed E-state index contributed by atoms with van der Waals surface area (Å²) in [6.45, 7) is 4.56. The van der Waals surface area contributed by atoms with Gasteiger partial charge in [-0.2, -0.15) is 10.5 Å². The summed E-state index contributed by atoms with van der Waals surface area (Å²) >= 11 is 0. The van der Waals surface area contributed by atoms with E-state index >= 15 is 0 Å². The van der Waals surface area contributed by atoms with E-state index in [4.69, 9.17) is 10.00 Å². The summed E-state index contributed by atoms with van der Waals surface area (Å²) < 4.78 is 5.76. The Bertz CT molecular complexity index is 700. The average molecular weight is 290 g/mol. The zero-order valence-corrected chi connectivity index (χ0v) is 12.8. The molecular formula is C19H18N2O. The van der Waals surface area contributed by atoms with Crippen LogP contribution in [-0.4, -0.2) is 6.61 Å². The van der Waals surface area contributed by atoms with Crippen molar-refractivity contribution >= 4 is 0 Å². The zero-order chi connectivity index (χ0) is 15.9. The van der Waals surface area contributed by atoms with E-state index in [1.807, 2.05) is 38.1 Å². The minimum atomic E-state index is -0.223. The molecule has 1 unspecified atom stereocenters. The normalized spacial score (nSPS) is 11.3. The fourth-order valence-electron chi connectivity index (χ4n) is 2.41.